The molecule has 2 aromatic rings. The molecule has 0 aliphatic rings. The number of hydrogen-bond donors (Lipinski definition) is 1. The lowest BCUT2D eigenvalue weighted by Crippen LogP contribution is -2.33. The van der Waals surface area contributed by atoms with Gasteiger partial charge in [-0.05, 0) is 57.4 Å². The van der Waals surface area contributed by atoms with E-state index in [0.29, 0.717) is 18.0 Å². The monoisotopic (exact) mass is 320 g/mol. The molecule has 0 saturated carbocycles. The van der Waals surface area contributed by atoms with Crippen molar-refractivity contribution in [2.45, 2.75) is 39.7 Å². The third-order valence-electron chi connectivity index (χ3n) is 3.20. The average molecular weight is 321 g/mol. The van der Waals surface area contributed by atoms with E-state index in [1.165, 1.54) is 0 Å². The third kappa shape index (κ3) is 4.10. The fourth-order valence-electron chi connectivity index (χ4n) is 2.24. The van der Waals surface area contributed by atoms with Gasteiger partial charge in [0.2, 0.25) is 0 Å². The summed E-state index contributed by atoms with van der Waals surface area (Å²) in [6.07, 6.45) is 1.99. The van der Waals surface area contributed by atoms with Crippen LogP contribution in [0.5, 0.6) is 0 Å². The Morgan fingerprint density at radius 3 is 2.82 bits per heavy atom. The highest BCUT2D eigenvalue weighted by molar-refractivity contribution is 6.33. The van der Waals surface area contributed by atoms with Gasteiger partial charge in [0.1, 0.15) is 5.60 Å². The lowest BCUT2D eigenvalue weighted by atomic mass is 10.0. The van der Waals surface area contributed by atoms with Crippen LogP contribution in [0.4, 0.5) is 4.79 Å². The number of carbonyl (C=O) groups excluding carboxylic acids is 1. The number of benzene rings is 1. The number of aromatic nitrogens is 1. The zero-order valence-electron chi connectivity index (χ0n) is 13.4. The summed E-state index contributed by atoms with van der Waals surface area (Å²) in [5.74, 6) is 0. The second kappa shape index (κ2) is 6.53. The number of nitrogens with one attached hydrogen (secondary N) is 1. The van der Waals surface area contributed by atoms with Crippen LogP contribution >= 0.6 is 11.6 Å². The van der Waals surface area contributed by atoms with Gasteiger partial charge in [0.15, 0.2) is 0 Å². The van der Waals surface area contributed by atoms with Crippen molar-refractivity contribution < 1.29 is 9.53 Å². The van der Waals surface area contributed by atoms with Crippen LogP contribution in [0.2, 0.25) is 5.02 Å². The zero-order chi connectivity index (χ0) is 16.3. The topological polar surface area (TPSA) is 51.2 Å². The molecule has 0 fully saturated rings. The number of hydrogen-bond acceptors (Lipinski definition) is 3. The van der Waals surface area contributed by atoms with Gasteiger partial charge in [-0.2, -0.15) is 0 Å². The van der Waals surface area contributed by atoms with E-state index in [1.54, 1.807) is 6.20 Å². The second-order valence-corrected chi connectivity index (χ2v) is 6.61. The summed E-state index contributed by atoms with van der Waals surface area (Å²) < 4.78 is 5.21. The Bertz CT molecular complexity index is 693. The van der Waals surface area contributed by atoms with Crippen molar-refractivity contribution in [3.8, 4) is 0 Å². The van der Waals surface area contributed by atoms with Crippen LogP contribution in [0.1, 0.15) is 31.9 Å². The quantitative estimate of drug-likeness (QED) is 0.919. The zero-order valence-corrected chi connectivity index (χ0v) is 14.1. The summed E-state index contributed by atoms with van der Waals surface area (Å²) >= 11 is 6.41. The predicted octanol–water partition coefficient (Wildman–Crippen LogP) is 4.26. The van der Waals surface area contributed by atoms with Gasteiger partial charge in [-0.1, -0.05) is 17.7 Å². The maximum Gasteiger partial charge on any atom is 0.407 e. The molecular weight excluding hydrogens is 300 g/mol. The first-order valence-electron chi connectivity index (χ1n) is 7.27. The van der Waals surface area contributed by atoms with Gasteiger partial charge in [0.05, 0.1) is 5.52 Å². The van der Waals surface area contributed by atoms with Crippen LogP contribution in [0.25, 0.3) is 10.9 Å². The number of amides is 1. The van der Waals surface area contributed by atoms with Gasteiger partial charge >= 0.3 is 6.09 Å². The molecule has 0 spiro atoms. The molecule has 0 bridgehead atoms. The summed E-state index contributed by atoms with van der Waals surface area (Å²) in [6, 6.07) is 5.93. The first kappa shape index (κ1) is 16.6. The van der Waals surface area contributed by atoms with Crippen LogP contribution in [0.15, 0.2) is 24.4 Å². The van der Waals surface area contributed by atoms with Crippen LogP contribution in [-0.2, 0) is 11.2 Å². The molecule has 4 nitrogen and oxygen atoms in total. The minimum absolute atomic E-state index is 0.414. The van der Waals surface area contributed by atoms with E-state index in [1.807, 2.05) is 45.9 Å². The molecule has 1 amide bonds. The maximum atomic E-state index is 11.6. The van der Waals surface area contributed by atoms with Crippen molar-refractivity contribution in [2.24, 2.45) is 0 Å². The highest BCUT2D eigenvalue weighted by Crippen LogP contribution is 2.28. The summed E-state index contributed by atoms with van der Waals surface area (Å²) in [7, 11) is 0. The Labute approximate surface area is 135 Å². The maximum absolute atomic E-state index is 11.6. The van der Waals surface area contributed by atoms with E-state index in [0.717, 1.165) is 22.0 Å². The van der Waals surface area contributed by atoms with Gasteiger partial charge in [-0.15, -0.1) is 0 Å². The lowest BCUT2D eigenvalue weighted by molar-refractivity contribution is 0.0528. The fourth-order valence-corrected chi connectivity index (χ4v) is 2.48. The van der Waals surface area contributed by atoms with Gasteiger partial charge in [-0.3, -0.25) is 4.98 Å². The molecule has 0 atom stereocenters. The summed E-state index contributed by atoms with van der Waals surface area (Å²) in [5, 5.41) is 4.51. The number of carbonyl (C=O) groups is 1. The number of fused-ring (bicyclic) bond motifs is 1. The van der Waals surface area contributed by atoms with E-state index >= 15 is 0 Å². The first-order chi connectivity index (χ1) is 10.3. The Kier molecular flexibility index (Phi) is 4.91. The van der Waals surface area contributed by atoms with Crippen molar-refractivity contribution in [1.82, 2.24) is 10.3 Å². The predicted molar refractivity (Wildman–Crippen MR) is 89.4 cm³/mol. The molecule has 22 heavy (non-hydrogen) atoms. The number of nitrogens with zero attached hydrogens (tertiary/aromatic N) is 1. The molecule has 1 N–H and O–H groups in total. The molecule has 1 aromatic heterocycles. The van der Waals surface area contributed by atoms with E-state index < -0.39 is 11.7 Å². The molecular formula is C17H21ClN2O2. The molecule has 5 heteroatoms. The molecule has 1 heterocycles. The molecule has 0 aliphatic heterocycles. The number of rotatable bonds is 3. The molecule has 0 aliphatic carbocycles. The summed E-state index contributed by atoms with van der Waals surface area (Å²) in [6.45, 7) is 7.94. The normalized spacial score (nSPS) is 11.5. The molecule has 118 valence electrons. The van der Waals surface area contributed by atoms with Crippen LogP contribution in [0.3, 0.4) is 0 Å². The minimum Gasteiger partial charge on any atom is -0.444 e. The lowest BCUT2D eigenvalue weighted by Gasteiger charge is -2.19. The van der Waals surface area contributed by atoms with Crippen LogP contribution in [0, 0.1) is 6.92 Å². The molecule has 2 rings (SSSR count). The van der Waals surface area contributed by atoms with Crippen LogP contribution in [-0.4, -0.2) is 23.2 Å². The fraction of sp³-hybridized carbons (Fsp3) is 0.412. The van der Waals surface area contributed by atoms with Crippen molar-refractivity contribution in [3.05, 3.63) is 40.5 Å². The second-order valence-electron chi connectivity index (χ2n) is 6.23. The van der Waals surface area contributed by atoms with Crippen molar-refractivity contribution in [2.75, 3.05) is 6.54 Å². The molecule has 0 unspecified atom stereocenters. The Balaban J connectivity index is 2.06. The number of aryl methyl sites for hydroxylation is 1. The summed E-state index contributed by atoms with van der Waals surface area (Å²) in [4.78, 5) is 16.0. The molecule has 0 saturated heterocycles. The number of ether oxygens (including phenoxy) is 1. The molecule has 0 radical (unpaired) electrons. The van der Waals surface area contributed by atoms with Crippen molar-refractivity contribution >= 4 is 28.6 Å². The highest BCUT2D eigenvalue weighted by atomic mass is 35.5. The van der Waals surface area contributed by atoms with E-state index in [-0.39, 0.29) is 0 Å². The summed E-state index contributed by atoms with van der Waals surface area (Å²) in [5.41, 5.74) is 2.38. The largest absolute Gasteiger partial charge is 0.444 e. The van der Waals surface area contributed by atoms with E-state index in [4.69, 9.17) is 16.3 Å². The first-order valence-corrected chi connectivity index (χ1v) is 7.65. The van der Waals surface area contributed by atoms with Gasteiger partial charge < -0.3 is 10.1 Å². The van der Waals surface area contributed by atoms with Crippen LogP contribution < -0.4 is 5.32 Å². The number of halogens is 1. The Morgan fingerprint density at radius 1 is 1.41 bits per heavy atom. The number of alkyl carbamates (subject to hydrolysis) is 1. The average Bonchev–Trinajstić information content (AvgIpc) is 2.42. The minimum atomic E-state index is -0.493. The van der Waals surface area contributed by atoms with E-state index in [9.17, 15) is 4.79 Å². The Hall–Kier alpha value is -1.81. The van der Waals surface area contributed by atoms with Gasteiger partial charge in [-0.25, -0.2) is 4.79 Å². The third-order valence-corrected chi connectivity index (χ3v) is 3.72. The van der Waals surface area contributed by atoms with Crippen molar-refractivity contribution in [1.29, 1.82) is 0 Å². The van der Waals surface area contributed by atoms with E-state index in [2.05, 4.69) is 10.3 Å². The molecule has 1 aromatic carbocycles. The Morgan fingerprint density at radius 2 is 2.14 bits per heavy atom. The SMILES string of the molecule is Cc1c(Cl)c(CCNC(=O)OC(C)(C)C)cc2cccnc12. The standard InChI is InChI=1S/C17H21ClN2O2/c1-11-14(18)12(10-13-6-5-8-19-15(11)13)7-9-20-16(21)22-17(2,3)4/h5-6,8,10H,7,9H2,1-4H3,(H,20,21). The van der Waals surface area contributed by atoms with Crippen molar-refractivity contribution in [3.63, 3.8) is 0 Å². The number of pyridine rings is 1. The highest BCUT2D eigenvalue weighted by Gasteiger charge is 2.16. The smallest absolute Gasteiger partial charge is 0.407 e. The van der Waals surface area contributed by atoms with Gasteiger partial charge in [0, 0.05) is 23.2 Å². The van der Waals surface area contributed by atoms with Gasteiger partial charge in [0.25, 0.3) is 0 Å².